The monoisotopic (exact) mass is 612 g/mol. The Kier molecular flexibility index (Phi) is 7.77. The third-order valence-corrected chi connectivity index (χ3v) is 7.79. The van der Waals surface area contributed by atoms with Crippen LogP contribution in [0.5, 0.6) is 11.5 Å². The lowest BCUT2D eigenvalue weighted by atomic mass is 10.2. The number of halogens is 3. The molecule has 4 rings (SSSR count). The third-order valence-electron chi connectivity index (χ3n) is 4.55. The normalized spacial score (nSPS) is 15.9. The highest BCUT2D eigenvalue weighted by Crippen LogP contribution is 2.40. The van der Waals surface area contributed by atoms with Crippen molar-refractivity contribution < 1.29 is 22.1 Å². The van der Waals surface area contributed by atoms with Crippen LogP contribution in [0.4, 0.5) is 5.69 Å². The Bertz CT molecular complexity index is 1460. The molecule has 0 saturated carbocycles. The van der Waals surface area contributed by atoms with Gasteiger partial charge in [-0.05, 0) is 100.0 Å². The smallest absolute Gasteiger partial charge is 0.339 e. The van der Waals surface area contributed by atoms with Crippen LogP contribution >= 0.6 is 50.9 Å². The lowest BCUT2D eigenvalue weighted by Crippen LogP contribution is -2.19. The number of rotatable bonds is 6. The van der Waals surface area contributed by atoms with Crippen LogP contribution in [0, 0.1) is 0 Å². The highest BCUT2D eigenvalue weighted by atomic mass is 79.9. The summed E-state index contributed by atoms with van der Waals surface area (Å²) < 4.78 is 36.4. The number of amidine groups is 1. The minimum atomic E-state index is -4.15. The SMILES string of the molecule is COc1cc(/C=C2\SC(=Nc3ccc(Cl)cc3)NC2=O)cc(Br)c1OS(=O)(=O)c1ccc(Cl)cc1. The summed E-state index contributed by atoms with van der Waals surface area (Å²) in [6, 6.07) is 15.7. The number of ether oxygens (including phenoxy) is 1. The fraction of sp³-hybridized carbons (Fsp3) is 0.0435. The molecule has 0 unspecified atom stereocenters. The standard InChI is InChI=1S/C23H15BrCl2N2O5S2/c1-32-19-11-13(10-18(24)21(19)33-35(30,31)17-8-4-15(26)5-9-17)12-20-22(29)28-23(34-20)27-16-6-2-14(25)3-7-16/h2-12H,1H3,(H,27,28,29)/b20-12-. The first kappa shape index (κ1) is 25.6. The van der Waals surface area contributed by atoms with Crippen LogP contribution in [0.25, 0.3) is 6.08 Å². The van der Waals surface area contributed by atoms with Gasteiger partial charge in [0.2, 0.25) is 0 Å². The van der Waals surface area contributed by atoms with Crippen LogP contribution < -0.4 is 14.2 Å². The largest absolute Gasteiger partial charge is 0.493 e. The number of hydrogen-bond acceptors (Lipinski definition) is 7. The Labute approximate surface area is 224 Å². The maximum atomic E-state index is 12.7. The Morgan fingerprint density at radius 3 is 2.29 bits per heavy atom. The summed E-state index contributed by atoms with van der Waals surface area (Å²) in [4.78, 5) is 17.2. The number of carbonyl (C=O) groups excluding carboxylic acids is 1. The van der Waals surface area contributed by atoms with E-state index >= 15 is 0 Å². The maximum Gasteiger partial charge on any atom is 0.339 e. The Hall–Kier alpha value is -2.50. The molecule has 1 saturated heterocycles. The van der Waals surface area contributed by atoms with Crippen molar-refractivity contribution in [3.05, 3.63) is 85.7 Å². The molecule has 0 aromatic heterocycles. The minimum Gasteiger partial charge on any atom is -0.493 e. The zero-order valence-corrected chi connectivity index (χ0v) is 22.5. The second kappa shape index (κ2) is 10.6. The van der Waals surface area contributed by atoms with Gasteiger partial charge in [0.05, 0.1) is 22.2 Å². The summed E-state index contributed by atoms with van der Waals surface area (Å²) in [6.07, 6.45) is 1.63. The predicted octanol–water partition coefficient (Wildman–Crippen LogP) is 6.42. The van der Waals surface area contributed by atoms with Crippen molar-refractivity contribution >= 4 is 83.9 Å². The molecule has 0 spiro atoms. The van der Waals surface area contributed by atoms with E-state index in [2.05, 4.69) is 26.2 Å². The molecule has 1 aliphatic rings. The van der Waals surface area contributed by atoms with E-state index in [4.69, 9.17) is 32.1 Å². The summed E-state index contributed by atoms with van der Waals surface area (Å²) in [6.45, 7) is 0. The first-order chi connectivity index (χ1) is 16.6. The second-order valence-electron chi connectivity index (χ2n) is 6.98. The van der Waals surface area contributed by atoms with E-state index in [0.717, 1.165) is 0 Å². The number of aliphatic imine (C=N–C) groups is 1. The quantitative estimate of drug-likeness (QED) is 0.255. The molecular weight excluding hydrogens is 599 g/mol. The van der Waals surface area contributed by atoms with Gasteiger partial charge in [0.25, 0.3) is 5.91 Å². The van der Waals surface area contributed by atoms with Gasteiger partial charge in [-0.2, -0.15) is 8.42 Å². The van der Waals surface area contributed by atoms with Gasteiger partial charge in [-0.1, -0.05) is 23.2 Å². The second-order valence-corrected chi connectivity index (χ2v) is 11.3. The molecule has 12 heteroatoms. The van der Waals surface area contributed by atoms with E-state index in [-0.39, 0.29) is 22.3 Å². The third kappa shape index (κ3) is 6.20. The summed E-state index contributed by atoms with van der Waals surface area (Å²) in [5.74, 6) is -0.191. The Balaban J connectivity index is 1.60. The van der Waals surface area contributed by atoms with Crippen LogP contribution in [-0.4, -0.2) is 26.6 Å². The molecule has 0 atom stereocenters. The van der Waals surface area contributed by atoms with Gasteiger partial charge < -0.3 is 14.2 Å². The van der Waals surface area contributed by atoms with Crippen LogP contribution in [0.1, 0.15) is 5.56 Å². The number of amides is 1. The van der Waals surface area contributed by atoms with Gasteiger partial charge in [0, 0.05) is 10.0 Å². The first-order valence-corrected chi connectivity index (χ1v) is 13.5. The molecule has 1 heterocycles. The highest BCUT2D eigenvalue weighted by Gasteiger charge is 2.25. The molecule has 0 aliphatic carbocycles. The average Bonchev–Trinajstić information content (AvgIpc) is 3.15. The molecule has 7 nitrogen and oxygen atoms in total. The molecule has 1 amide bonds. The number of nitrogens with one attached hydrogen (secondary N) is 1. The highest BCUT2D eigenvalue weighted by molar-refractivity contribution is 9.10. The van der Waals surface area contributed by atoms with Gasteiger partial charge in [0.15, 0.2) is 16.7 Å². The van der Waals surface area contributed by atoms with Gasteiger partial charge in [0.1, 0.15) is 4.90 Å². The van der Waals surface area contributed by atoms with Crippen molar-refractivity contribution in [2.45, 2.75) is 4.90 Å². The van der Waals surface area contributed by atoms with Crippen molar-refractivity contribution in [1.29, 1.82) is 0 Å². The average molecular weight is 614 g/mol. The number of carbonyl (C=O) groups is 1. The molecule has 1 N–H and O–H groups in total. The summed E-state index contributed by atoms with van der Waals surface area (Å²) in [5.41, 5.74) is 1.22. The number of methoxy groups -OCH3 is 1. The predicted molar refractivity (Wildman–Crippen MR) is 142 cm³/mol. The van der Waals surface area contributed by atoms with Crippen molar-refractivity contribution in [2.24, 2.45) is 4.99 Å². The van der Waals surface area contributed by atoms with E-state index < -0.39 is 10.1 Å². The number of thioether (sulfide) groups is 1. The summed E-state index contributed by atoms with van der Waals surface area (Å²) >= 11 is 16.2. The van der Waals surface area contributed by atoms with E-state index in [9.17, 15) is 13.2 Å². The Morgan fingerprint density at radius 2 is 1.66 bits per heavy atom. The molecule has 1 fully saturated rings. The fourth-order valence-corrected chi connectivity index (χ4v) is 5.63. The van der Waals surface area contributed by atoms with E-state index in [0.29, 0.717) is 35.8 Å². The number of benzene rings is 3. The maximum absolute atomic E-state index is 12.7. The van der Waals surface area contributed by atoms with Gasteiger partial charge in [-0.15, -0.1) is 0 Å². The lowest BCUT2D eigenvalue weighted by Gasteiger charge is -2.13. The van der Waals surface area contributed by atoms with Gasteiger partial charge >= 0.3 is 10.1 Å². The van der Waals surface area contributed by atoms with Crippen LogP contribution in [-0.2, 0) is 14.9 Å². The lowest BCUT2D eigenvalue weighted by molar-refractivity contribution is -0.115. The van der Waals surface area contributed by atoms with Crippen molar-refractivity contribution in [2.75, 3.05) is 7.11 Å². The first-order valence-electron chi connectivity index (χ1n) is 9.77. The van der Waals surface area contributed by atoms with Crippen LogP contribution in [0.3, 0.4) is 0 Å². The van der Waals surface area contributed by atoms with Crippen LogP contribution in [0.2, 0.25) is 10.0 Å². The molecule has 180 valence electrons. The summed E-state index contributed by atoms with van der Waals surface area (Å²) in [7, 11) is -2.76. The van der Waals surface area contributed by atoms with Gasteiger partial charge in [-0.25, -0.2) is 4.99 Å². The number of hydrogen-bond donors (Lipinski definition) is 1. The Morgan fingerprint density at radius 1 is 1.03 bits per heavy atom. The molecule has 3 aromatic rings. The van der Waals surface area contributed by atoms with Crippen molar-refractivity contribution in [1.82, 2.24) is 5.32 Å². The molecule has 35 heavy (non-hydrogen) atoms. The fourth-order valence-electron chi connectivity index (χ4n) is 2.93. The minimum absolute atomic E-state index is 0.0295. The van der Waals surface area contributed by atoms with Crippen LogP contribution in [0.15, 0.2) is 79.9 Å². The molecule has 1 aliphatic heterocycles. The molecular formula is C23H15BrCl2N2O5S2. The molecule has 0 bridgehead atoms. The number of nitrogens with zero attached hydrogens (tertiary/aromatic N) is 1. The zero-order chi connectivity index (χ0) is 25.2. The molecule has 3 aromatic carbocycles. The van der Waals surface area contributed by atoms with Crippen molar-refractivity contribution in [3.8, 4) is 11.5 Å². The van der Waals surface area contributed by atoms with Gasteiger partial charge in [-0.3, -0.25) is 4.79 Å². The van der Waals surface area contributed by atoms with Crippen molar-refractivity contribution in [3.63, 3.8) is 0 Å². The van der Waals surface area contributed by atoms with E-state index in [1.165, 1.54) is 43.1 Å². The summed E-state index contributed by atoms with van der Waals surface area (Å²) in [5, 5.41) is 4.12. The van der Waals surface area contributed by atoms with E-state index in [1.807, 2.05) is 0 Å². The zero-order valence-electron chi connectivity index (χ0n) is 17.8. The topological polar surface area (TPSA) is 94.1 Å². The van der Waals surface area contributed by atoms with E-state index in [1.54, 1.807) is 42.5 Å². The molecule has 0 radical (unpaired) electrons.